The summed E-state index contributed by atoms with van der Waals surface area (Å²) in [5.74, 6) is 3.32. The number of hydrogen-bond donors (Lipinski definition) is 1. The standard InChI is InChI=1S/C24H26N4O3/c1-14(2)24-27-23(28-31-24)18-12-16-9-6-8-15(3)20(16)26-22(18)25-13-17-10-7-11-19(29-4)21(17)30-5/h6-12,14H,13H2,1-5H3,(H,25,26). The molecule has 4 aromatic rings. The van der Waals surface area contributed by atoms with E-state index in [9.17, 15) is 0 Å². The second kappa shape index (κ2) is 8.63. The first kappa shape index (κ1) is 20.7. The molecule has 0 fully saturated rings. The van der Waals surface area contributed by atoms with E-state index in [4.69, 9.17) is 19.0 Å². The Labute approximate surface area is 181 Å². The summed E-state index contributed by atoms with van der Waals surface area (Å²) in [5.41, 5.74) is 3.77. The number of nitrogens with one attached hydrogen (secondary N) is 1. The van der Waals surface area contributed by atoms with Crippen LogP contribution in [0.1, 0.15) is 36.8 Å². The summed E-state index contributed by atoms with van der Waals surface area (Å²) in [5, 5.41) is 8.67. The molecule has 0 amide bonds. The average molecular weight is 418 g/mol. The predicted octanol–water partition coefficient (Wildman–Crippen LogP) is 5.35. The van der Waals surface area contributed by atoms with Gasteiger partial charge in [0.2, 0.25) is 11.7 Å². The van der Waals surface area contributed by atoms with Gasteiger partial charge in [0, 0.05) is 23.4 Å². The lowest BCUT2D eigenvalue weighted by molar-refractivity contribution is 0.352. The first-order valence-electron chi connectivity index (χ1n) is 10.2. The molecule has 2 aromatic heterocycles. The maximum absolute atomic E-state index is 5.56. The van der Waals surface area contributed by atoms with Crippen LogP contribution >= 0.6 is 0 Å². The molecular weight excluding hydrogens is 392 g/mol. The molecule has 0 radical (unpaired) electrons. The van der Waals surface area contributed by atoms with Crippen LogP contribution < -0.4 is 14.8 Å². The Bertz CT molecular complexity index is 1220. The van der Waals surface area contributed by atoms with Crippen LogP contribution in [0.4, 0.5) is 5.82 Å². The van der Waals surface area contributed by atoms with E-state index in [2.05, 4.69) is 34.5 Å². The molecule has 0 aliphatic carbocycles. The summed E-state index contributed by atoms with van der Waals surface area (Å²) >= 11 is 0. The zero-order valence-electron chi connectivity index (χ0n) is 18.4. The van der Waals surface area contributed by atoms with Crippen molar-refractivity contribution < 1.29 is 14.0 Å². The largest absolute Gasteiger partial charge is 0.493 e. The highest BCUT2D eigenvalue weighted by Gasteiger charge is 2.18. The van der Waals surface area contributed by atoms with Crippen molar-refractivity contribution in [3.05, 3.63) is 59.5 Å². The smallest absolute Gasteiger partial charge is 0.229 e. The fraction of sp³-hybridized carbons (Fsp3) is 0.292. The summed E-state index contributed by atoms with van der Waals surface area (Å²) in [6, 6.07) is 14.0. The third kappa shape index (κ3) is 4.03. The van der Waals surface area contributed by atoms with Crippen molar-refractivity contribution in [1.82, 2.24) is 15.1 Å². The van der Waals surface area contributed by atoms with Crippen LogP contribution in [0.25, 0.3) is 22.3 Å². The fourth-order valence-corrected chi connectivity index (χ4v) is 3.50. The zero-order chi connectivity index (χ0) is 22.0. The lowest BCUT2D eigenvalue weighted by Crippen LogP contribution is -2.06. The van der Waals surface area contributed by atoms with Crippen molar-refractivity contribution in [3.63, 3.8) is 0 Å². The molecule has 0 aliphatic rings. The van der Waals surface area contributed by atoms with Gasteiger partial charge in [-0.2, -0.15) is 4.98 Å². The monoisotopic (exact) mass is 418 g/mol. The Hall–Kier alpha value is -3.61. The van der Waals surface area contributed by atoms with Crippen molar-refractivity contribution in [3.8, 4) is 22.9 Å². The van der Waals surface area contributed by atoms with E-state index in [1.54, 1.807) is 14.2 Å². The molecule has 2 heterocycles. The second-order valence-corrected chi connectivity index (χ2v) is 7.65. The Morgan fingerprint density at radius 2 is 1.84 bits per heavy atom. The number of hydrogen-bond acceptors (Lipinski definition) is 7. The summed E-state index contributed by atoms with van der Waals surface area (Å²) < 4.78 is 16.4. The number of aryl methyl sites for hydroxylation is 1. The van der Waals surface area contributed by atoms with E-state index < -0.39 is 0 Å². The topological polar surface area (TPSA) is 82.3 Å². The highest BCUT2D eigenvalue weighted by molar-refractivity contribution is 5.89. The molecule has 0 saturated carbocycles. The van der Waals surface area contributed by atoms with Crippen molar-refractivity contribution in [1.29, 1.82) is 0 Å². The highest BCUT2D eigenvalue weighted by Crippen LogP contribution is 2.33. The molecule has 7 heteroatoms. The second-order valence-electron chi connectivity index (χ2n) is 7.65. The van der Waals surface area contributed by atoms with Crippen LogP contribution in [0.2, 0.25) is 0 Å². The number of benzene rings is 2. The number of fused-ring (bicyclic) bond motifs is 1. The van der Waals surface area contributed by atoms with E-state index >= 15 is 0 Å². The Morgan fingerprint density at radius 3 is 2.55 bits per heavy atom. The molecule has 31 heavy (non-hydrogen) atoms. The number of methoxy groups -OCH3 is 2. The number of pyridine rings is 1. The van der Waals surface area contributed by atoms with Gasteiger partial charge >= 0.3 is 0 Å². The van der Waals surface area contributed by atoms with Crippen molar-refractivity contribution in [2.24, 2.45) is 0 Å². The molecule has 0 unspecified atom stereocenters. The van der Waals surface area contributed by atoms with Crippen LogP contribution in [0.5, 0.6) is 11.5 Å². The SMILES string of the molecule is COc1cccc(CNc2nc3c(C)cccc3cc2-c2noc(C(C)C)n2)c1OC. The van der Waals surface area contributed by atoms with Gasteiger partial charge in [-0.3, -0.25) is 0 Å². The number of para-hydroxylation sites is 2. The minimum atomic E-state index is 0.148. The number of aromatic nitrogens is 3. The van der Waals surface area contributed by atoms with Crippen LogP contribution in [0.15, 0.2) is 47.0 Å². The summed E-state index contributed by atoms with van der Waals surface area (Å²) in [4.78, 5) is 9.50. The average Bonchev–Trinajstić information content (AvgIpc) is 3.27. The Morgan fingerprint density at radius 1 is 1.03 bits per heavy atom. The van der Waals surface area contributed by atoms with Gasteiger partial charge in [0.25, 0.3) is 0 Å². The van der Waals surface area contributed by atoms with Gasteiger partial charge in [0.05, 0.1) is 25.3 Å². The van der Waals surface area contributed by atoms with Crippen LogP contribution in [0.3, 0.4) is 0 Å². The van der Waals surface area contributed by atoms with Crippen LogP contribution in [-0.2, 0) is 6.54 Å². The third-order valence-corrected chi connectivity index (χ3v) is 5.15. The normalized spacial score (nSPS) is 11.2. The first-order valence-corrected chi connectivity index (χ1v) is 10.2. The molecule has 0 saturated heterocycles. The number of rotatable bonds is 7. The lowest BCUT2D eigenvalue weighted by Gasteiger charge is -2.15. The molecule has 4 rings (SSSR count). The minimum absolute atomic E-state index is 0.148. The maximum atomic E-state index is 5.56. The minimum Gasteiger partial charge on any atom is -0.493 e. The van der Waals surface area contributed by atoms with Gasteiger partial charge in [-0.05, 0) is 24.6 Å². The van der Waals surface area contributed by atoms with Crippen LogP contribution in [0, 0.1) is 6.92 Å². The van der Waals surface area contributed by atoms with E-state index in [1.165, 1.54) is 0 Å². The van der Waals surface area contributed by atoms with Gasteiger partial charge in [-0.25, -0.2) is 4.98 Å². The molecule has 7 nitrogen and oxygen atoms in total. The van der Waals surface area contributed by atoms with Gasteiger partial charge < -0.3 is 19.3 Å². The predicted molar refractivity (Wildman–Crippen MR) is 121 cm³/mol. The Balaban J connectivity index is 1.77. The molecule has 0 bridgehead atoms. The van der Waals surface area contributed by atoms with Crippen molar-refractivity contribution >= 4 is 16.7 Å². The molecule has 0 atom stereocenters. The molecule has 160 valence electrons. The summed E-state index contributed by atoms with van der Waals surface area (Å²) in [6.45, 7) is 6.59. The highest BCUT2D eigenvalue weighted by atomic mass is 16.5. The lowest BCUT2D eigenvalue weighted by atomic mass is 10.1. The van der Waals surface area contributed by atoms with Crippen LogP contribution in [-0.4, -0.2) is 29.3 Å². The van der Waals surface area contributed by atoms with Crippen molar-refractivity contribution in [2.45, 2.75) is 33.2 Å². The molecule has 2 aromatic carbocycles. The van der Waals surface area contributed by atoms with E-state index in [-0.39, 0.29) is 5.92 Å². The number of nitrogens with zero attached hydrogens (tertiary/aromatic N) is 3. The quantitative estimate of drug-likeness (QED) is 0.433. The number of ether oxygens (including phenoxy) is 2. The first-order chi connectivity index (χ1) is 15.0. The third-order valence-electron chi connectivity index (χ3n) is 5.15. The molecular formula is C24H26N4O3. The van der Waals surface area contributed by atoms with E-state index in [0.29, 0.717) is 35.6 Å². The van der Waals surface area contributed by atoms with Gasteiger partial charge in [0.1, 0.15) is 5.82 Å². The number of anilines is 1. The van der Waals surface area contributed by atoms with E-state index in [1.807, 2.05) is 44.2 Å². The molecule has 0 spiro atoms. The molecule has 0 aliphatic heterocycles. The maximum Gasteiger partial charge on any atom is 0.229 e. The van der Waals surface area contributed by atoms with Gasteiger partial charge in [-0.1, -0.05) is 49.3 Å². The van der Waals surface area contributed by atoms with Crippen molar-refractivity contribution in [2.75, 3.05) is 19.5 Å². The summed E-state index contributed by atoms with van der Waals surface area (Å²) in [6.07, 6.45) is 0. The zero-order valence-corrected chi connectivity index (χ0v) is 18.4. The fourth-order valence-electron chi connectivity index (χ4n) is 3.50. The Kier molecular flexibility index (Phi) is 5.75. The summed E-state index contributed by atoms with van der Waals surface area (Å²) in [7, 11) is 3.26. The van der Waals surface area contributed by atoms with Gasteiger partial charge in [-0.15, -0.1) is 0 Å². The molecule has 1 N–H and O–H groups in total. The van der Waals surface area contributed by atoms with Gasteiger partial charge in [0.15, 0.2) is 11.5 Å². The van der Waals surface area contributed by atoms with E-state index in [0.717, 1.165) is 27.6 Å².